The Labute approximate surface area is 93.6 Å². The number of hydrogen-bond donors (Lipinski definition) is 2. The van der Waals surface area contributed by atoms with Gasteiger partial charge in [0.1, 0.15) is 9.61 Å². The first-order valence-electron chi connectivity index (χ1n) is 3.90. The molecule has 0 aliphatic rings. The van der Waals surface area contributed by atoms with Crippen LogP contribution in [0.25, 0.3) is 0 Å². The Kier molecular flexibility index (Phi) is 4.30. The Morgan fingerprint density at radius 1 is 1.79 bits per heavy atom. The van der Waals surface area contributed by atoms with E-state index in [2.05, 4.69) is 20.9 Å². The summed E-state index contributed by atoms with van der Waals surface area (Å²) in [6, 6.07) is 0. The van der Waals surface area contributed by atoms with Gasteiger partial charge in [-0.2, -0.15) is 0 Å². The predicted octanol–water partition coefficient (Wildman–Crippen LogP) is 1.39. The lowest BCUT2D eigenvalue weighted by Gasteiger charge is -2.12. The number of primary amides is 1. The molecule has 0 aliphatic heterocycles. The van der Waals surface area contributed by atoms with Crippen molar-refractivity contribution in [3.63, 3.8) is 0 Å². The van der Waals surface area contributed by atoms with Gasteiger partial charge in [0, 0.05) is 11.8 Å². The maximum Gasteiger partial charge on any atom is 0.405 e. The molecule has 0 radical (unpaired) electrons. The lowest BCUT2D eigenvalue weighted by molar-refractivity contribution is 0.102. The molecule has 4 N–H and O–H groups in total. The van der Waals surface area contributed by atoms with E-state index in [0.717, 1.165) is 0 Å². The third-order valence-corrected chi connectivity index (χ3v) is 3.10. The fourth-order valence-electron chi connectivity index (χ4n) is 0.939. The second-order valence-electron chi connectivity index (χ2n) is 2.51. The van der Waals surface area contributed by atoms with Gasteiger partial charge in [-0.05, 0) is 22.5 Å². The number of hydrogen-bond acceptors (Lipinski definition) is 5. The number of carbonyl (C=O) groups is 1. The van der Waals surface area contributed by atoms with Crippen LogP contribution < -0.4 is 11.5 Å². The van der Waals surface area contributed by atoms with Gasteiger partial charge < -0.3 is 16.2 Å². The minimum absolute atomic E-state index is 0.412. The third kappa shape index (κ3) is 3.24. The van der Waals surface area contributed by atoms with Crippen LogP contribution in [0, 0.1) is 0 Å². The van der Waals surface area contributed by atoms with Gasteiger partial charge in [-0.3, -0.25) is 0 Å². The minimum atomic E-state index is -0.810. The molecule has 5 nitrogen and oxygen atoms in total. The molecule has 1 rings (SSSR count). The van der Waals surface area contributed by atoms with E-state index in [-0.39, 0.29) is 0 Å². The van der Waals surface area contributed by atoms with E-state index in [4.69, 9.17) is 16.2 Å². The van der Waals surface area contributed by atoms with Crippen LogP contribution >= 0.6 is 27.3 Å². The number of aromatic nitrogens is 1. The van der Waals surface area contributed by atoms with Crippen LogP contribution in [-0.2, 0) is 4.74 Å². The molecule has 1 aromatic rings. The Balaban J connectivity index is 2.71. The summed E-state index contributed by atoms with van der Waals surface area (Å²) in [6.45, 7) is 0.412. The van der Waals surface area contributed by atoms with Crippen LogP contribution in [0.5, 0.6) is 0 Å². The summed E-state index contributed by atoms with van der Waals surface area (Å²) < 4.78 is 5.59. The van der Waals surface area contributed by atoms with E-state index >= 15 is 0 Å². The third-order valence-electron chi connectivity index (χ3n) is 1.46. The van der Waals surface area contributed by atoms with Gasteiger partial charge in [0.25, 0.3) is 0 Å². The highest BCUT2D eigenvalue weighted by Crippen LogP contribution is 2.26. The van der Waals surface area contributed by atoms with Gasteiger partial charge in [0.2, 0.25) is 0 Å². The first-order chi connectivity index (χ1) is 6.63. The lowest BCUT2D eigenvalue weighted by atomic mass is 10.2. The highest BCUT2D eigenvalue weighted by Gasteiger charge is 2.17. The molecular formula is C7H10BrN3O2S. The van der Waals surface area contributed by atoms with Crippen LogP contribution in [-0.4, -0.2) is 17.6 Å². The molecule has 0 bridgehead atoms. The van der Waals surface area contributed by atoms with Crippen LogP contribution in [0.3, 0.4) is 0 Å². The van der Waals surface area contributed by atoms with Crippen molar-refractivity contribution in [2.75, 3.05) is 6.54 Å². The van der Waals surface area contributed by atoms with E-state index in [0.29, 0.717) is 22.6 Å². The molecule has 1 unspecified atom stereocenters. The van der Waals surface area contributed by atoms with E-state index in [1.807, 2.05) is 5.38 Å². The summed E-state index contributed by atoms with van der Waals surface area (Å²) in [7, 11) is 0. The number of thiazole rings is 1. The minimum Gasteiger partial charge on any atom is -0.439 e. The number of rotatable bonds is 4. The number of nitrogens with zero attached hydrogens (tertiary/aromatic N) is 1. The highest BCUT2D eigenvalue weighted by atomic mass is 79.9. The molecule has 0 saturated heterocycles. The van der Waals surface area contributed by atoms with Crippen molar-refractivity contribution in [2.45, 2.75) is 12.5 Å². The van der Waals surface area contributed by atoms with Crippen molar-refractivity contribution in [1.29, 1.82) is 0 Å². The number of nitrogens with two attached hydrogens (primary N) is 2. The Bertz CT molecular complexity index is 318. The number of carbonyl (C=O) groups excluding carboxylic acids is 1. The molecular weight excluding hydrogens is 270 g/mol. The fraction of sp³-hybridized carbons (Fsp3) is 0.429. The van der Waals surface area contributed by atoms with E-state index < -0.39 is 12.2 Å². The van der Waals surface area contributed by atoms with Crippen LogP contribution in [0.15, 0.2) is 9.98 Å². The fourth-order valence-corrected chi connectivity index (χ4v) is 2.27. The van der Waals surface area contributed by atoms with Gasteiger partial charge in [0.15, 0.2) is 6.10 Å². The van der Waals surface area contributed by atoms with Crippen molar-refractivity contribution in [3.8, 4) is 0 Å². The monoisotopic (exact) mass is 279 g/mol. The first kappa shape index (κ1) is 11.4. The summed E-state index contributed by atoms with van der Waals surface area (Å²) in [5.41, 5.74) is 10.3. The van der Waals surface area contributed by atoms with Crippen LogP contribution in [0.4, 0.5) is 4.79 Å². The largest absolute Gasteiger partial charge is 0.439 e. The normalized spacial score (nSPS) is 12.4. The zero-order chi connectivity index (χ0) is 10.6. The molecule has 7 heteroatoms. The molecule has 0 fully saturated rings. The van der Waals surface area contributed by atoms with Crippen molar-refractivity contribution in [1.82, 2.24) is 4.98 Å². The quantitative estimate of drug-likeness (QED) is 0.871. The summed E-state index contributed by atoms with van der Waals surface area (Å²) in [5, 5.41) is 2.50. The van der Waals surface area contributed by atoms with Crippen molar-refractivity contribution in [2.24, 2.45) is 11.5 Å². The Morgan fingerprint density at radius 2 is 2.50 bits per heavy atom. The maximum absolute atomic E-state index is 10.6. The van der Waals surface area contributed by atoms with E-state index in [1.54, 1.807) is 0 Å². The maximum atomic E-state index is 10.6. The zero-order valence-electron chi connectivity index (χ0n) is 7.27. The van der Waals surface area contributed by atoms with Gasteiger partial charge >= 0.3 is 6.09 Å². The van der Waals surface area contributed by atoms with Gasteiger partial charge in [-0.1, -0.05) is 0 Å². The second-order valence-corrected chi connectivity index (χ2v) is 4.21. The predicted molar refractivity (Wildman–Crippen MR) is 56.9 cm³/mol. The molecule has 1 heterocycles. The molecule has 1 amide bonds. The summed E-state index contributed by atoms with van der Waals surface area (Å²) >= 11 is 4.61. The molecule has 14 heavy (non-hydrogen) atoms. The standard InChI is InChI=1S/C7H10BrN3O2S/c8-5-3-14-6(11-5)4(1-2-9)13-7(10)12/h3-4H,1-2,9H2,(H2,10,12). The molecule has 1 aromatic heterocycles. The average molecular weight is 280 g/mol. The second kappa shape index (κ2) is 5.28. The number of halogens is 1. The summed E-state index contributed by atoms with van der Waals surface area (Å²) in [6.07, 6.45) is -0.730. The first-order valence-corrected chi connectivity index (χ1v) is 5.58. The lowest BCUT2D eigenvalue weighted by Crippen LogP contribution is -2.19. The van der Waals surface area contributed by atoms with Gasteiger partial charge in [-0.15, -0.1) is 11.3 Å². The SMILES string of the molecule is NCCC(OC(N)=O)c1nc(Br)cs1. The molecule has 0 aromatic carbocycles. The topological polar surface area (TPSA) is 91.2 Å². The van der Waals surface area contributed by atoms with E-state index in [1.165, 1.54) is 11.3 Å². The zero-order valence-corrected chi connectivity index (χ0v) is 9.68. The van der Waals surface area contributed by atoms with Gasteiger partial charge in [-0.25, -0.2) is 9.78 Å². The molecule has 1 atom stereocenters. The average Bonchev–Trinajstić information content (AvgIpc) is 2.50. The summed E-state index contributed by atoms with van der Waals surface area (Å²) in [4.78, 5) is 14.7. The Hall–Kier alpha value is -0.660. The highest BCUT2D eigenvalue weighted by molar-refractivity contribution is 9.10. The summed E-state index contributed by atoms with van der Waals surface area (Å²) in [5.74, 6) is 0. The van der Waals surface area contributed by atoms with Crippen molar-refractivity contribution in [3.05, 3.63) is 15.0 Å². The van der Waals surface area contributed by atoms with Crippen molar-refractivity contribution < 1.29 is 9.53 Å². The number of ether oxygens (including phenoxy) is 1. The Morgan fingerprint density at radius 3 is 2.93 bits per heavy atom. The van der Waals surface area contributed by atoms with Crippen molar-refractivity contribution >= 4 is 33.4 Å². The molecule has 0 spiro atoms. The van der Waals surface area contributed by atoms with Crippen LogP contribution in [0.1, 0.15) is 17.5 Å². The number of amides is 1. The van der Waals surface area contributed by atoms with Crippen LogP contribution in [0.2, 0.25) is 0 Å². The van der Waals surface area contributed by atoms with E-state index in [9.17, 15) is 4.79 Å². The van der Waals surface area contributed by atoms with Gasteiger partial charge in [0.05, 0.1) is 0 Å². The molecule has 0 saturated carbocycles. The molecule has 78 valence electrons. The molecule has 0 aliphatic carbocycles. The smallest absolute Gasteiger partial charge is 0.405 e.